The Kier molecular flexibility index (Phi) is 6.25. The monoisotopic (exact) mass is 425 g/mol. The number of carbonyl (C=O) groups is 1. The predicted octanol–water partition coefficient (Wildman–Crippen LogP) is 3.71. The normalized spacial score (nSPS) is 18.0. The van der Waals surface area contributed by atoms with Crippen molar-refractivity contribution < 1.29 is 22.3 Å². The van der Waals surface area contributed by atoms with E-state index in [0.717, 1.165) is 0 Å². The van der Waals surface area contributed by atoms with Gasteiger partial charge in [-0.3, -0.25) is 4.79 Å². The Bertz CT molecular complexity index is 960. The summed E-state index contributed by atoms with van der Waals surface area (Å²) in [7, 11) is -3.23. The third-order valence-corrected chi connectivity index (χ3v) is 6.80. The van der Waals surface area contributed by atoms with Crippen molar-refractivity contribution in [2.45, 2.75) is 25.9 Å². The number of rotatable bonds is 6. The lowest BCUT2D eigenvalue weighted by molar-refractivity contribution is 0.0678. The van der Waals surface area contributed by atoms with Gasteiger partial charge in [0, 0.05) is 22.2 Å². The Morgan fingerprint density at radius 3 is 2.68 bits per heavy atom. The second-order valence-electron chi connectivity index (χ2n) is 6.65. The summed E-state index contributed by atoms with van der Waals surface area (Å²) in [5.74, 6) is -0.519. The first-order valence-corrected chi connectivity index (χ1v) is 11.2. The molecular weight excluding hydrogens is 405 g/mol. The van der Waals surface area contributed by atoms with Crippen LogP contribution in [-0.4, -0.2) is 43.4 Å². The topological polar surface area (TPSA) is 63.7 Å². The first kappa shape index (κ1) is 20.6. The summed E-state index contributed by atoms with van der Waals surface area (Å²) < 4.78 is 43.7. The Labute approximate surface area is 169 Å². The highest BCUT2D eigenvalue weighted by atomic mass is 35.5. The van der Waals surface area contributed by atoms with E-state index in [4.69, 9.17) is 16.3 Å². The van der Waals surface area contributed by atoms with Crippen molar-refractivity contribution in [3.8, 4) is 5.75 Å². The Morgan fingerprint density at radius 2 is 2.04 bits per heavy atom. The maximum absolute atomic E-state index is 14.3. The number of halogens is 2. The van der Waals surface area contributed by atoms with E-state index in [9.17, 15) is 17.6 Å². The minimum Gasteiger partial charge on any atom is -0.494 e. The van der Waals surface area contributed by atoms with E-state index in [-0.39, 0.29) is 34.5 Å². The van der Waals surface area contributed by atoms with Gasteiger partial charge in [-0.25, -0.2) is 12.8 Å². The number of amides is 1. The van der Waals surface area contributed by atoms with E-state index in [1.54, 1.807) is 30.3 Å². The smallest absolute Gasteiger partial charge is 0.254 e. The van der Waals surface area contributed by atoms with Gasteiger partial charge in [-0.15, -0.1) is 0 Å². The summed E-state index contributed by atoms with van der Waals surface area (Å²) >= 11 is 6.14. The van der Waals surface area contributed by atoms with Gasteiger partial charge in [0.05, 0.1) is 24.7 Å². The van der Waals surface area contributed by atoms with E-state index in [1.807, 2.05) is 6.92 Å². The van der Waals surface area contributed by atoms with Crippen molar-refractivity contribution in [3.63, 3.8) is 0 Å². The molecule has 150 valence electrons. The minimum atomic E-state index is -3.23. The summed E-state index contributed by atoms with van der Waals surface area (Å²) in [6.45, 7) is 2.18. The van der Waals surface area contributed by atoms with Crippen molar-refractivity contribution in [1.82, 2.24) is 4.90 Å². The highest BCUT2D eigenvalue weighted by Crippen LogP contribution is 2.27. The van der Waals surface area contributed by atoms with Crippen molar-refractivity contribution in [2.75, 3.05) is 18.1 Å². The van der Waals surface area contributed by atoms with Crippen molar-refractivity contribution >= 4 is 27.3 Å². The summed E-state index contributed by atoms with van der Waals surface area (Å²) in [6.07, 6.45) is 0.311. The molecule has 1 amide bonds. The molecule has 0 spiro atoms. The average molecular weight is 426 g/mol. The summed E-state index contributed by atoms with van der Waals surface area (Å²) in [5.41, 5.74) is 0.519. The van der Waals surface area contributed by atoms with Crippen LogP contribution >= 0.6 is 11.6 Å². The maximum Gasteiger partial charge on any atom is 0.254 e. The van der Waals surface area contributed by atoms with Gasteiger partial charge in [0.2, 0.25) is 0 Å². The van der Waals surface area contributed by atoms with Crippen LogP contribution in [0.1, 0.15) is 29.3 Å². The Morgan fingerprint density at radius 1 is 1.29 bits per heavy atom. The lowest BCUT2D eigenvalue weighted by Crippen LogP contribution is -2.41. The number of ether oxygens (including phenoxy) is 1. The van der Waals surface area contributed by atoms with Crippen molar-refractivity contribution in [3.05, 3.63) is 64.4 Å². The van der Waals surface area contributed by atoms with Gasteiger partial charge >= 0.3 is 0 Å². The van der Waals surface area contributed by atoms with Gasteiger partial charge in [-0.05, 0) is 43.7 Å². The second kappa shape index (κ2) is 8.49. The lowest BCUT2D eigenvalue weighted by Gasteiger charge is -2.29. The van der Waals surface area contributed by atoms with Gasteiger partial charge in [-0.2, -0.15) is 0 Å². The van der Waals surface area contributed by atoms with Crippen LogP contribution in [0.5, 0.6) is 5.75 Å². The van der Waals surface area contributed by atoms with E-state index in [2.05, 4.69) is 0 Å². The molecule has 0 bridgehead atoms. The molecule has 1 atom stereocenters. The highest BCUT2D eigenvalue weighted by Gasteiger charge is 2.35. The van der Waals surface area contributed by atoms with Crippen LogP contribution in [0, 0.1) is 5.82 Å². The molecule has 0 N–H and O–H groups in total. The standard InChI is InChI=1S/C20H21ClFNO4S/c1-2-27-16-6-3-5-14(11-16)20(24)23(15-9-10-28(25,26)13-15)12-17-18(21)7-4-8-19(17)22/h3-8,11,15H,2,9-10,12-13H2,1H3. The number of sulfone groups is 1. The average Bonchev–Trinajstić information content (AvgIpc) is 3.01. The molecule has 8 heteroatoms. The molecule has 1 saturated heterocycles. The van der Waals surface area contributed by atoms with Crippen LogP contribution in [0.3, 0.4) is 0 Å². The molecular formula is C20H21ClFNO4S. The number of nitrogens with zero attached hydrogens (tertiary/aromatic N) is 1. The van der Waals surface area contributed by atoms with Crippen LogP contribution < -0.4 is 4.74 Å². The number of hydrogen-bond acceptors (Lipinski definition) is 4. The van der Waals surface area contributed by atoms with Crippen LogP contribution in [-0.2, 0) is 16.4 Å². The summed E-state index contributed by atoms with van der Waals surface area (Å²) in [5, 5.41) is 0.196. The molecule has 0 saturated carbocycles. The number of carbonyl (C=O) groups excluding carboxylic acids is 1. The van der Waals surface area contributed by atoms with Crippen molar-refractivity contribution in [1.29, 1.82) is 0 Å². The largest absolute Gasteiger partial charge is 0.494 e. The molecule has 0 aliphatic carbocycles. The molecule has 3 rings (SSSR count). The highest BCUT2D eigenvalue weighted by molar-refractivity contribution is 7.91. The van der Waals surface area contributed by atoms with Crippen LogP contribution in [0.25, 0.3) is 0 Å². The molecule has 2 aromatic carbocycles. The van der Waals surface area contributed by atoms with Crippen LogP contribution in [0.2, 0.25) is 5.02 Å². The van der Waals surface area contributed by atoms with Gasteiger partial charge < -0.3 is 9.64 Å². The predicted molar refractivity (Wildman–Crippen MR) is 106 cm³/mol. The molecule has 2 aromatic rings. The molecule has 1 unspecified atom stereocenters. The van der Waals surface area contributed by atoms with Gasteiger partial charge in [-0.1, -0.05) is 23.7 Å². The quantitative estimate of drug-likeness (QED) is 0.707. The van der Waals surface area contributed by atoms with E-state index >= 15 is 0 Å². The zero-order valence-corrected chi connectivity index (χ0v) is 17.0. The fourth-order valence-electron chi connectivity index (χ4n) is 3.29. The molecule has 0 aromatic heterocycles. The summed E-state index contributed by atoms with van der Waals surface area (Å²) in [4.78, 5) is 14.6. The number of hydrogen-bond donors (Lipinski definition) is 0. The van der Waals surface area contributed by atoms with Gasteiger partial charge in [0.25, 0.3) is 5.91 Å². The summed E-state index contributed by atoms with van der Waals surface area (Å²) in [6, 6.07) is 10.4. The minimum absolute atomic E-state index is 0.00539. The van der Waals surface area contributed by atoms with Gasteiger partial charge in [0.1, 0.15) is 11.6 Å². The van der Waals surface area contributed by atoms with E-state index in [1.165, 1.54) is 17.0 Å². The lowest BCUT2D eigenvalue weighted by atomic mass is 10.1. The second-order valence-corrected chi connectivity index (χ2v) is 9.29. The van der Waals surface area contributed by atoms with E-state index in [0.29, 0.717) is 24.3 Å². The Hall–Kier alpha value is -2.12. The zero-order valence-electron chi connectivity index (χ0n) is 15.4. The molecule has 1 aliphatic heterocycles. The van der Waals surface area contributed by atoms with E-state index < -0.39 is 21.7 Å². The third kappa shape index (κ3) is 4.64. The molecule has 28 heavy (non-hydrogen) atoms. The fraction of sp³-hybridized carbons (Fsp3) is 0.350. The van der Waals surface area contributed by atoms with Gasteiger partial charge in [0.15, 0.2) is 9.84 Å². The number of benzene rings is 2. The van der Waals surface area contributed by atoms with Crippen LogP contribution in [0.15, 0.2) is 42.5 Å². The molecule has 5 nitrogen and oxygen atoms in total. The zero-order chi connectivity index (χ0) is 20.3. The molecule has 1 heterocycles. The first-order valence-electron chi connectivity index (χ1n) is 8.98. The SMILES string of the molecule is CCOc1cccc(C(=O)N(Cc2c(F)cccc2Cl)C2CCS(=O)(=O)C2)c1. The molecule has 0 radical (unpaired) electrons. The Balaban J connectivity index is 1.96. The maximum atomic E-state index is 14.3. The first-order chi connectivity index (χ1) is 13.3. The van der Waals surface area contributed by atoms with Crippen LogP contribution in [0.4, 0.5) is 4.39 Å². The molecule has 1 fully saturated rings. The van der Waals surface area contributed by atoms with Crippen molar-refractivity contribution in [2.24, 2.45) is 0 Å². The fourth-order valence-corrected chi connectivity index (χ4v) is 5.25. The molecule has 1 aliphatic rings. The third-order valence-electron chi connectivity index (χ3n) is 4.69.